The number of aliphatic carboxylic acids is 1. The van der Waals surface area contributed by atoms with Crippen LogP contribution in [0.1, 0.15) is 105 Å². The van der Waals surface area contributed by atoms with Gasteiger partial charge < -0.3 is 10.4 Å². The van der Waals surface area contributed by atoms with Crippen LogP contribution in [0.2, 0.25) is 0 Å². The van der Waals surface area contributed by atoms with Gasteiger partial charge >= 0.3 is 13.6 Å². The van der Waals surface area contributed by atoms with Gasteiger partial charge in [0, 0.05) is 5.56 Å². The molecule has 0 aliphatic heterocycles. The van der Waals surface area contributed by atoms with Gasteiger partial charge in [0.25, 0.3) is 5.91 Å². The van der Waals surface area contributed by atoms with Gasteiger partial charge in [-0.2, -0.15) is 11.8 Å². The lowest BCUT2D eigenvalue weighted by atomic mass is 9.73. The standard InChI is InChI=1S/C34H46NO5PS/c1-24-11-9-10-16-28(24)30-21-27(17-18-29(30)32(36)35-31(33(37)38)19-20-42-2)34(41(39)40,22-25-12-5-3-6-13-25)23-26-14-7-4-8-15-26/h9-11,16-18,21,25-26,31H,3-8,12-15,19-20,22-23H2,1-2H3,(H,35,36)(H,37,38). The molecule has 1 atom stereocenters. The fourth-order valence-corrected chi connectivity index (χ4v) is 8.81. The molecular weight excluding hydrogens is 565 g/mol. The summed E-state index contributed by atoms with van der Waals surface area (Å²) in [5.41, 5.74) is 3.62. The summed E-state index contributed by atoms with van der Waals surface area (Å²) in [6, 6.07) is 12.3. The van der Waals surface area contributed by atoms with E-state index in [1.807, 2.05) is 49.6 Å². The Balaban J connectivity index is 1.82. The van der Waals surface area contributed by atoms with Gasteiger partial charge in [-0.05, 0) is 84.4 Å². The monoisotopic (exact) mass is 611 g/mol. The molecule has 6 nitrogen and oxygen atoms in total. The third-order valence-corrected chi connectivity index (χ3v) is 11.5. The molecule has 4 rings (SSSR count). The van der Waals surface area contributed by atoms with E-state index in [0.29, 0.717) is 48.0 Å². The van der Waals surface area contributed by atoms with Crippen LogP contribution < -0.4 is 5.32 Å². The number of hydrogen-bond acceptors (Lipinski definition) is 5. The van der Waals surface area contributed by atoms with E-state index in [1.165, 1.54) is 24.6 Å². The summed E-state index contributed by atoms with van der Waals surface area (Å²) in [5, 5.41) is 11.5. The molecule has 2 aliphatic rings. The van der Waals surface area contributed by atoms with E-state index >= 15 is 0 Å². The van der Waals surface area contributed by atoms with Gasteiger partial charge in [-0.1, -0.05) is 94.5 Å². The zero-order valence-corrected chi connectivity index (χ0v) is 26.8. The van der Waals surface area contributed by atoms with E-state index in [4.69, 9.17) is 0 Å². The smallest absolute Gasteiger partial charge is 0.326 e. The minimum Gasteiger partial charge on any atom is -0.480 e. The zero-order chi connectivity index (χ0) is 30.1. The molecule has 0 aromatic heterocycles. The summed E-state index contributed by atoms with van der Waals surface area (Å²) in [7, 11) is -2.80. The van der Waals surface area contributed by atoms with Crippen molar-refractivity contribution in [2.75, 3.05) is 12.0 Å². The Bertz CT molecular complexity index is 1270. The van der Waals surface area contributed by atoms with Gasteiger partial charge in [0.15, 0.2) is 0 Å². The van der Waals surface area contributed by atoms with Crippen LogP contribution in [0.5, 0.6) is 0 Å². The van der Waals surface area contributed by atoms with Crippen LogP contribution in [0.25, 0.3) is 11.1 Å². The summed E-state index contributed by atoms with van der Waals surface area (Å²) >= 11 is 1.54. The van der Waals surface area contributed by atoms with Gasteiger partial charge in [-0.15, -0.1) is 0 Å². The number of thioether (sulfide) groups is 1. The van der Waals surface area contributed by atoms with Crippen LogP contribution in [0.15, 0.2) is 42.5 Å². The molecule has 2 fully saturated rings. The van der Waals surface area contributed by atoms with Gasteiger partial charge in [0.2, 0.25) is 0 Å². The summed E-state index contributed by atoms with van der Waals surface area (Å²) in [6.45, 7) is 1.98. The van der Waals surface area contributed by atoms with Crippen LogP contribution >= 0.6 is 19.4 Å². The molecule has 0 spiro atoms. The quantitative estimate of drug-likeness (QED) is 0.219. The van der Waals surface area contributed by atoms with Crippen molar-refractivity contribution in [2.24, 2.45) is 11.8 Å². The first-order valence-electron chi connectivity index (χ1n) is 15.6. The summed E-state index contributed by atoms with van der Waals surface area (Å²) < 4.78 is 27.0. The molecule has 0 heterocycles. The molecule has 2 N–H and O–H groups in total. The number of carbonyl (C=O) groups excluding carboxylic acids is 1. The number of benzene rings is 2. The maximum atomic E-state index is 13.7. The van der Waals surface area contributed by atoms with E-state index in [-0.39, 0.29) is 0 Å². The highest BCUT2D eigenvalue weighted by Gasteiger charge is 2.43. The fourth-order valence-electron chi connectivity index (χ4n) is 7.17. The highest BCUT2D eigenvalue weighted by Crippen LogP contribution is 2.53. The maximum absolute atomic E-state index is 13.7. The molecule has 228 valence electrons. The largest absolute Gasteiger partial charge is 0.480 e. The molecule has 2 aliphatic carbocycles. The average molecular weight is 612 g/mol. The van der Waals surface area contributed by atoms with Crippen molar-refractivity contribution < 1.29 is 23.8 Å². The van der Waals surface area contributed by atoms with Gasteiger partial charge in [-0.3, -0.25) is 4.79 Å². The highest BCUT2D eigenvalue weighted by molar-refractivity contribution is 7.98. The molecule has 1 amide bonds. The van der Waals surface area contributed by atoms with Crippen molar-refractivity contribution in [1.82, 2.24) is 5.32 Å². The van der Waals surface area contributed by atoms with Crippen LogP contribution in [0, 0.1) is 18.8 Å². The predicted octanol–water partition coefficient (Wildman–Crippen LogP) is 8.91. The van der Waals surface area contributed by atoms with Gasteiger partial charge in [0.1, 0.15) is 11.2 Å². The first-order valence-corrected chi connectivity index (χ1v) is 18.2. The van der Waals surface area contributed by atoms with Crippen molar-refractivity contribution in [3.63, 3.8) is 0 Å². The predicted molar refractivity (Wildman–Crippen MR) is 171 cm³/mol. The molecule has 8 heteroatoms. The van der Waals surface area contributed by atoms with E-state index in [9.17, 15) is 23.8 Å². The third kappa shape index (κ3) is 7.96. The summed E-state index contributed by atoms with van der Waals surface area (Å²) in [4.78, 5) is 25.6. The van der Waals surface area contributed by atoms with Crippen molar-refractivity contribution in [1.29, 1.82) is 0 Å². The second kappa shape index (κ2) is 15.4. The SMILES string of the molecule is CSCCC(NC(=O)c1ccc(C(CC2CCCCC2)(CC2CCCCC2)P(=O)=O)cc1-c1ccccc1C)C(=O)O. The second-order valence-electron chi connectivity index (χ2n) is 12.4. The maximum Gasteiger partial charge on any atom is 0.326 e. The molecule has 0 radical (unpaired) electrons. The Labute approximate surface area is 255 Å². The topological polar surface area (TPSA) is 101 Å². The molecular formula is C34H46NO5PS. The number of carbonyl (C=O) groups is 2. The Kier molecular flexibility index (Phi) is 11.9. The van der Waals surface area contributed by atoms with Crippen molar-refractivity contribution in [2.45, 2.75) is 102 Å². The summed E-state index contributed by atoms with van der Waals surface area (Å²) in [5.74, 6) is -0.165. The lowest BCUT2D eigenvalue weighted by Crippen LogP contribution is -2.41. The first-order chi connectivity index (χ1) is 20.2. The molecule has 42 heavy (non-hydrogen) atoms. The van der Waals surface area contributed by atoms with Crippen LogP contribution in [-0.2, 0) is 19.1 Å². The Morgan fingerprint density at radius 1 is 0.929 bits per heavy atom. The zero-order valence-electron chi connectivity index (χ0n) is 25.1. The Morgan fingerprint density at radius 3 is 2.05 bits per heavy atom. The van der Waals surface area contributed by atoms with E-state index in [0.717, 1.165) is 68.1 Å². The fraction of sp³-hybridized carbons (Fsp3) is 0.588. The van der Waals surface area contributed by atoms with Crippen LogP contribution in [0.3, 0.4) is 0 Å². The van der Waals surface area contributed by atoms with Gasteiger partial charge in [-0.25, -0.2) is 13.9 Å². The Hall–Kier alpha value is -2.37. The highest BCUT2D eigenvalue weighted by atomic mass is 32.2. The minimum absolute atomic E-state index is 0.322. The van der Waals surface area contributed by atoms with Gasteiger partial charge in [0.05, 0.1) is 0 Å². The van der Waals surface area contributed by atoms with Crippen LogP contribution in [0.4, 0.5) is 0 Å². The average Bonchev–Trinajstić information content (AvgIpc) is 2.99. The number of rotatable bonds is 13. The number of hydrogen-bond donors (Lipinski definition) is 2. The normalized spacial score (nSPS) is 17.5. The molecule has 0 saturated heterocycles. The molecule has 1 unspecified atom stereocenters. The minimum atomic E-state index is -2.80. The number of aryl methyl sites for hydroxylation is 1. The van der Waals surface area contributed by atoms with E-state index in [1.54, 1.807) is 6.07 Å². The molecule has 0 bridgehead atoms. The van der Waals surface area contributed by atoms with Crippen molar-refractivity contribution in [3.8, 4) is 11.1 Å². The second-order valence-corrected chi connectivity index (χ2v) is 14.8. The van der Waals surface area contributed by atoms with E-state index < -0.39 is 30.8 Å². The lowest BCUT2D eigenvalue weighted by molar-refractivity contribution is -0.139. The number of amides is 1. The number of carboxylic acids is 1. The molecule has 2 aromatic rings. The summed E-state index contributed by atoms with van der Waals surface area (Å²) in [6.07, 6.45) is 14.7. The lowest BCUT2D eigenvalue weighted by Gasteiger charge is -2.37. The molecule has 2 aromatic carbocycles. The van der Waals surface area contributed by atoms with E-state index in [2.05, 4.69) is 5.32 Å². The van der Waals surface area contributed by atoms with Crippen LogP contribution in [-0.4, -0.2) is 35.0 Å². The van der Waals surface area contributed by atoms with Crippen molar-refractivity contribution in [3.05, 3.63) is 59.2 Å². The van der Waals surface area contributed by atoms with Crippen molar-refractivity contribution >= 4 is 31.3 Å². The molecule has 2 saturated carbocycles. The number of carboxylic acid groups (broad SMARTS) is 1. The third-order valence-electron chi connectivity index (χ3n) is 9.50. The Morgan fingerprint density at radius 2 is 1.52 bits per heavy atom. The first kappa shape index (κ1) is 32.5. The number of nitrogens with one attached hydrogen (secondary N) is 1.